The molecule has 0 heterocycles. The van der Waals surface area contributed by atoms with Crippen LogP contribution in [0.1, 0.15) is 10.4 Å². The van der Waals surface area contributed by atoms with E-state index in [2.05, 4.69) is 0 Å². The van der Waals surface area contributed by atoms with Gasteiger partial charge in [-0.1, -0.05) is 30.3 Å². The van der Waals surface area contributed by atoms with Gasteiger partial charge in [0.05, 0.1) is 8.03 Å². The Morgan fingerprint density at radius 2 is 1.75 bits per heavy atom. The van der Waals surface area contributed by atoms with Gasteiger partial charge < -0.3 is 9.46 Å². The van der Waals surface area contributed by atoms with Gasteiger partial charge in [0.25, 0.3) is 0 Å². The maximum absolute atomic E-state index is 10.8. The predicted octanol–water partition coefficient (Wildman–Crippen LogP) is -2.33. The van der Waals surface area contributed by atoms with Crippen molar-refractivity contribution < 1.29 is 43.8 Å². The van der Waals surface area contributed by atoms with Crippen molar-refractivity contribution in [1.29, 1.82) is 0 Å². The standard InChI is InChI=1S/C7H7O3P.Na/c8-7(11(9)10)6-4-2-1-3-5-6;/h1-5,11H,(H,9,10);/q;+1/p-1. The largest absolute Gasteiger partial charge is 1.00 e. The Hall–Kier alpha value is 0.0800. The third-order valence-electron chi connectivity index (χ3n) is 1.22. The van der Waals surface area contributed by atoms with Gasteiger partial charge in [0.15, 0.2) is 0 Å². The molecule has 0 saturated heterocycles. The number of hydrogen-bond acceptors (Lipinski definition) is 3. The molecule has 1 aromatic carbocycles. The molecule has 0 aromatic heterocycles. The summed E-state index contributed by atoms with van der Waals surface area (Å²) < 4.78 is 10.2. The number of hydrogen-bond donors (Lipinski definition) is 0. The van der Waals surface area contributed by atoms with Crippen molar-refractivity contribution in [2.24, 2.45) is 0 Å². The fourth-order valence-electron chi connectivity index (χ4n) is 0.707. The Kier molecular flexibility index (Phi) is 5.72. The van der Waals surface area contributed by atoms with Gasteiger partial charge in [-0.3, -0.25) is 4.79 Å². The summed E-state index contributed by atoms with van der Waals surface area (Å²) in [5.74, 6) is 0. The molecule has 0 aliphatic rings. The van der Waals surface area contributed by atoms with E-state index in [0.29, 0.717) is 0 Å². The van der Waals surface area contributed by atoms with Gasteiger partial charge >= 0.3 is 29.6 Å². The Labute approximate surface area is 93.0 Å². The first kappa shape index (κ1) is 12.1. The van der Waals surface area contributed by atoms with Crippen molar-refractivity contribution in [1.82, 2.24) is 0 Å². The van der Waals surface area contributed by atoms with Gasteiger partial charge in [-0.2, -0.15) is 0 Å². The summed E-state index contributed by atoms with van der Waals surface area (Å²) in [4.78, 5) is 21.0. The van der Waals surface area contributed by atoms with Crippen LogP contribution < -0.4 is 34.5 Å². The molecule has 0 aliphatic carbocycles. The first-order valence-corrected chi connectivity index (χ1v) is 4.34. The molecule has 12 heavy (non-hydrogen) atoms. The van der Waals surface area contributed by atoms with Crippen LogP contribution in [0.2, 0.25) is 0 Å². The molecular formula is C7H6NaO3P. The fourth-order valence-corrected chi connectivity index (χ4v) is 1.11. The van der Waals surface area contributed by atoms with Crippen LogP contribution in [0.15, 0.2) is 30.3 Å². The number of benzene rings is 1. The molecule has 0 fully saturated rings. The topological polar surface area (TPSA) is 57.2 Å². The summed E-state index contributed by atoms with van der Waals surface area (Å²) >= 11 is 0. The van der Waals surface area contributed by atoms with E-state index < -0.39 is 13.6 Å². The van der Waals surface area contributed by atoms with Crippen LogP contribution in [0, 0.1) is 0 Å². The van der Waals surface area contributed by atoms with Crippen LogP contribution in [0.4, 0.5) is 0 Å². The summed E-state index contributed by atoms with van der Waals surface area (Å²) in [6, 6.07) is 7.92. The first-order valence-electron chi connectivity index (χ1n) is 3.02. The van der Waals surface area contributed by atoms with Gasteiger partial charge in [-0.05, 0) is 0 Å². The molecule has 0 aliphatic heterocycles. The van der Waals surface area contributed by atoms with Crippen molar-refractivity contribution in [3.8, 4) is 0 Å². The Morgan fingerprint density at radius 1 is 1.25 bits per heavy atom. The van der Waals surface area contributed by atoms with E-state index in [9.17, 15) is 14.3 Å². The summed E-state index contributed by atoms with van der Waals surface area (Å²) in [6.07, 6.45) is 0. The summed E-state index contributed by atoms with van der Waals surface area (Å²) in [5, 5.41) is 0. The van der Waals surface area contributed by atoms with Crippen molar-refractivity contribution >= 4 is 13.6 Å². The molecule has 5 heteroatoms. The minimum Gasteiger partial charge on any atom is -0.796 e. The normalized spacial score (nSPS) is 11.4. The average molecular weight is 192 g/mol. The van der Waals surface area contributed by atoms with Crippen molar-refractivity contribution in [3.63, 3.8) is 0 Å². The van der Waals surface area contributed by atoms with Crippen LogP contribution >= 0.6 is 8.03 Å². The Morgan fingerprint density at radius 3 is 2.17 bits per heavy atom. The summed E-state index contributed by atoms with van der Waals surface area (Å²) in [5.41, 5.74) is -0.568. The molecule has 0 spiro atoms. The number of carbonyl (C=O) groups excluding carboxylic acids is 1. The minimum atomic E-state index is -3.30. The zero-order chi connectivity index (χ0) is 8.27. The van der Waals surface area contributed by atoms with Crippen LogP contribution in [-0.2, 0) is 4.57 Å². The second-order valence-corrected chi connectivity index (χ2v) is 3.01. The van der Waals surface area contributed by atoms with E-state index >= 15 is 0 Å². The van der Waals surface area contributed by atoms with Crippen molar-refractivity contribution in [2.75, 3.05) is 0 Å². The Bertz CT molecular complexity index is 286. The number of rotatable bonds is 2. The smallest absolute Gasteiger partial charge is 0.796 e. The zero-order valence-corrected chi connectivity index (χ0v) is 9.61. The first-order chi connectivity index (χ1) is 5.22. The second kappa shape index (κ2) is 5.68. The number of carbonyl (C=O) groups is 1. The van der Waals surface area contributed by atoms with Crippen LogP contribution in [-0.4, -0.2) is 5.52 Å². The molecule has 0 radical (unpaired) electrons. The maximum Gasteiger partial charge on any atom is 1.00 e. The van der Waals surface area contributed by atoms with E-state index in [0.717, 1.165) is 0 Å². The van der Waals surface area contributed by atoms with Gasteiger partial charge in [-0.25, -0.2) is 0 Å². The summed E-state index contributed by atoms with van der Waals surface area (Å²) in [7, 11) is -3.30. The molecule has 3 nitrogen and oxygen atoms in total. The fraction of sp³-hybridized carbons (Fsp3) is 0. The van der Waals surface area contributed by atoms with Gasteiger partial charge in [-0.15, -0.1) is 0 Å². The van der Waals surface area contributed by atoms with E-state index in [-0.39, 0.29) is 35.1 Å². The van der Waals surface area contributed by atoms with E-state index in [1.165, 1.54) is 12.1 Å². The van der Waals surface area contributed by atoms with Crippen LogP contribution in [0.3, 0.4) is 0 Å². The minimum absolute atomic E-state index is 0. The van der Waals surface area contributed by atoms with Gasteiger partial charge in [0.1, 0.15) is 0 Å². The molecule has 0 saturated carbocycles. The molecule has 1 rings (SSSR count). The molecule has 58 valence electrons. The second-order valence-electron chi connectivity index (χ2n) is 1.98. The molecule has 1 aromatic rings. The van der Waals surface area contributed by atoms with Crippen molar-refractivity contribution in [3.05, 3.63) is 35.9 Å². The molecule has 0 bridgehead atoms. The van der Waals surface area contributed by atoms with E-state index in [4.69, 9.17) is 0 Å². The average Bonchev–Trinajstić information content (AvgIpc) is 2.05. The van der Waals surface area contributed by atoms with Crippen LogP contribution in [0.5, 0.6) is 0 Å². The van der Waals surface area contributed by atoms with Crippen LogP contribution in [0.25, 0.3) is 0 Å². The van der Waals surface area contributed by atoms with Crippen molar-refractivity contribution in [2.45, 2.75) is 0 Å². The predicted molar refractivity (Wildman–Crippen MR) is 39.8 cm³/mol. The molecular weight excluding hydrogens is 186 g/mol. The molecule has 0 amide bonds. The maximum atomic E-state index is 10.8. The quantitative estimate of drug-likeness (QED) is 0.390. The monoisotopic (exact) mass is 192 g/mol. The van der Waals surface area contributed by atoms with E-state index in [1.807, 2.05) is 0 Å². The van der Waals surface area contributed by atoms with Gasteiger partial charge in [0.2, 0.25) is 5.52 Å². The third-order valence-corrected chi connectivity index (χ3v) is 1.88. The molecule has 1 atom stereocenters. The Balaban J connectivity index is 0.00000121. The summed E-state index contributed by atoms with van der Waals surface area (Å²) in [6.45, 7) is 0. The zero-order valence-electron chi connectivity index (χ0n) is 6.61. The molecule has 1 unspecified atom stereocenters. The third kappa shape index (κ3) is 3.21. The SMILES string of the molecule is O=C(c1ccccc1)[PH](=O)[O-].[Na+]. The van der Waals surface area contributed by atoms with Gasteiger partial charge in [0, 0.05) is 5.56 Å². The van der Waals surface area contributed by atoms with E-state index in [1.54, 1.807) is 18.2 Å². The molecule has 0 N–H and O–H groups in total.